The second kappa shape index (κ2) is 7.33. The number of nitrogens with zero attached hydrogens (tertiary/aromatic N) is 1. The van der Waals surface area contributed by atoms with Crippen LogP contribution in [0.3, 0.4) is 0 Å². The number of nitrogens with one attached hydrogen (secondary N) is 1. The molecule has 1 saturated heterocycles. The lowest BCUT2D eigenvalue weighted by Crippen LogP contribution is -2.27. The maximum atomic E-state index is 6.13. The van der Waals surface area contributed by atoms with Crippen LogP contribution in [-0.2, 0) is 0 Å². The van der Waals surface area contributed by atoms with Crippen LogP contribution in [0, 0.1) is 6.92 Å². The fraction of sp³-hybridized carbons (Fsp3) is 0.421. The van der Waals surface area contributed by atoms with Crippen molar-refractivity contribution in [1.82, 2.24) is 10.3 Å². The number of aromatic nitrogens is 1. The molecule has 2 aromatic rings. The Morgan fingerprint density at radius 3 is 2.78 bits per heavy atom. The molecule has 122 valence electrons. The second-order valence-electron chi connectivity index (χ2n) is 6.17. The fourth-order valence-electron chi connectivity index (χ4n) is 3.22. The van der Waals surface area contributed by atoms with Crippen LogP contribution >= 0.6 is 11.6 Å². The molecule has 1 fully saturated rings. The third-order valence-electron chi connectivity index (χ3n) is 4.59. The summed E-state index contributed by atoms with van der Waals surface area (Å²) in [7, 11) is 0. The Bertz CT molecular complexity index is 668. The number of hydrogen-bond donors (Lipinski definition) is 1. The van der Waals surface area contributed by atoms with Gasteiger partial charge in [0.15, 0.2) is 0 Å². The minimum atomic E-state index is -0.0804. The summed E-state index contributed by atoms with van der Waals surface area (Å²) in [6, 6.07) is 9.94. The monoisotopic (exact) mass is 330 g/mol. The first-order valence-corrected chi connectivity index (χ1v) is 8.61. The van der Waals surface area contributed by atoms with Crippen molar-refractivity contribution in [2.75, 3.05) is 13.1 Å². The summed E-state index contributed by atoms with van der Waals surface area (Å²) in [5.74, 6) is 1.33. The maximum absolute atomic E-state index is 6.13. The highest BCUT2D eigenvalue weighted by Gasteiger charge is 2.20. The molecule has 1 atom stereocenters. The van der Waals surface area contributed by atoms with Crippen molar-refractivity contribution < 1.29 is 4.74 Å². The zero-order valence-corrected chi connectivity index (χ0v) is 14.4. The first-order chi connectivity index (χ1) is 11.1. The van der Waals surface area contributed by atoms with Crippen LogP contribution < -0.4 is 10.1 Å². The molecule has 0 aliphatic carbocycles. The lowest BCUT2D eigenvalue weighted by atomic mass is 9.88. The van der Waals surface area contributed by atoms with Crippen LogP contribution in [0.5, 0.6) is 5.88 Å². The molecule has 0 amide bonds. The van der Waals surface area contributed by atoms with E-state index in [-0.39, 0.29) is 6.10 Å². The molecule has 0 spiro atoms. The summed E-state index contributed by atoms with van der Waals surface area (Å²) in [5.41, 5.74) is 3.59. The van der Waals surface area contributed by atoms with E-state index < -0.39 is 0 Å². The molecule has 0 radical (unpaired) electrons. The van der Waals surface area contributed by atoms with E-state index in [2.05, 4.69) is 23.3 Å². The van der Waals surface area contributed by atoms with Crippen LogP contribution in [0.1, 0.15) is 48.5 Å². The number of piperidine rings is 1. The Balaban J connectivity index is 1.80. The number of pyridine rings is 1. The zero-order valence-electron chi connectivity index (χ0n) is 13.7. The molecule has 4 heteroatoms. The average Bonchev–Trinajstić information content (AvgIpc) is 2.57. The van der Waals surface area contributed by atoms with Gasteiger partial charge in [0.2, 0.25) is 5.88 Å². The lowest BCUT2D eigenvalue weighted by Gasteiger charge is -2.25. The minimum absolute atomic E-state index is 0.0804. The van der Waals surface area contributed by atoms with Gasteiger partial charge in [0.1, 0.15) is 6.10 Å². The van der Waals surface area contributed by atoms with Gasteiger partial charge in [-0.2, -0.15) is 0 Å². The van der Waals surface area contributed by atoms with E-state index in [1.54, 1.807) is 0 Å². The van der Waals surface area contributed by atoms with Crippen molar-refractivity contribution in [1.29, 1.82) is 0 Å². The van der Waals surface area contributed by atoms with Gasteiger partial charge < -0.3 is 10.1 Å². The van der Waals surface area contributed by atoms with Gasteiger partial charge in [-0.15, -0.1) is 0 Å². The molecule has 1 aromatic heterocycles. The molecular weight excluding hydrogens is 308 g/mol. The van der Waals surface area contributed by atoms with E-state index >= 15 is 0 Å². The number of benzene rings is 1. The number of rotatable bonds is 4. The SMILES string of the molecule is Cc1c(C2CCNCC2)ccnc1O[C@H](C)c1cccc(Cl)c1. The van der Waals surface area contributed by atoms with Gasteiger partial charge in [0, 0.05) is 16.8 Å². The number of ether oxygens (including phenoxy) is 1. The molecule has 1 aliphatic heterocycles. The molecule has 1 N–H and O–H groups in total. The predicted octanol–water partition coefficient (Wildman–Crippen LogP) is 4.65. The Hall–Kier alpha value is -1.58. The summed E-state index contributed by atoms with van der Waals surface area (Å²) in [6.07, 6.45) is 4.13. The minimum Gasteiger partial charge on any atom is -0.470 e. The molecule has 23 heavy (non-hydrogen) atoms. The van der Waals surface area contributed by atoms with Gasteiger partial charge in [-0.3, -0.25) is 0 Å². The van der Waals surface area contributed by atoms with Crippen LogP contribution in [0.2, 0.25) is 5.02 Å². The first-order valence-electron chi connectivity index (χ1n) is 8.23. The Kier molecular flexibility index (Phi) is 5.19. The van der Waals surface area contributed by atoms with E-state index in [4.69, 9.17) is 16.3 Å². The van der Waals surface area contributed by atoms with E-state index in [0.29, 0.717) is 5.92 Å². The van der Waals surface area contributed by atoms with Crippen molar-refractivity contribution in [3.05, 3.63) is 58.2 Å². The molecule has 3 nitrogen and oxygen atoms in total. The summed E-state index contributed by atoms with van der Waals surface area (Å²) in [6.45, 7) is 6.32. The summed E-state index contributed by atoms with van der Waals surface area (Å²) in [5, 5.41) is 4.15. The van der Waals surface area contributed by atoms with E-state index in [1.165, 1.54) is 18.4 Å². The third kappa shape index (κ3) is 3.85. The van der Waals surface area contributed by atoms with Gasteiger partial charge in [0.25, 0.3) is 0 Å². The molecule has 1 aromatic carbocycles. The highest BCUT2D eigenvalue weighted by Crippen LogP contribution is 2.32. The molecular formula is C19H23ClN2O. The summed E-state index contributed by atoms with van der Waals surface area (Å²) < 4.78 is 6.13. The first kappa shape index (κ1) is 16.3. The van der Waals surface area contributed by atoms with Crippen molar-refractivity contribution in [3.8, 4) is 5.88 Å². The third-order valence-corrected chi connectivity index (χ3v) is 4.82. The smallest absolute Gasteiger partial charge is 0.217 e. The second-order valence-corrected chi connectivity index (χ2v) is 6.61. The van der Waals surface area contributed by atoms with Crippen molar-refractivity contribution >= 4 is 11.6 Å². The summed E-state index contributed by atoms with van der Waals surface area (Å²) in [4.78, 5) is 4.45. The Labute approximate surface area is 143 Å². The van der Waals surface area contributed by atoms with Gasteiger partial charge in [-0.05, 0) is 75.0 Å². The molecule has 0 saturated carbocycles. The average molecular weight is 331 g/mol. The standard InChI is InChI=1S/C19H23ClN2O/c1-13-18(15-6-9-21-10-7-15)8-11-22-19(13)23-14(2)16-4-3-5-17(20)12-16/h3-5,8,11-12,14-15,21H,6-7,9-10H2,1-2H3/t14-/m1/s1. The van der Waals surface area contributed by atoms with E-state index in [0.717, 1.165) is 35.1 Å². The topological polar surface area (TPSA) is 34.2 Å². The van der Waals surface area contributed by atoms with Crippen LogP contribution in [0.4, 0.5) is 0 Å². The molecule has 2 heterocycles. The van der Waals surface area contributed by atoms with Crippen LogP contribution in [0.15, 0.2) is 36.5 Å². The summed E-state index contributed by atoms with van der Waals surface area (Å²) >= 11 is 6.07. The molecule has 0 bridgehead atoms. The van der Waals surface area contributed by atoms with Crippen molar-refractivity contribution in [2.24, 2.45) is 0 Å². The maximum Gasteiger partial charge on any atom is 0.217 e. The van der Waals surface area contributed by atoms with Gasteiger partial charge in [-0.1, -0.05) is 23.7 Å². The quantitative estimate of drug-likeness (QED) is 0.886. The lowest BCUT2D eigenvalue weighted by molar-refractivity contribution is 0.215. The van der Waals surface area contributed by atoms with Gasteiger partial charge >= 0.3 is 0 Å². The Morgan fingerprint density at radius 2 is 2.04 bits per heavy atom. The van der Waals surface area contributed by atoms with Gasteiger partial charge in [0.05, 0.1) is 0 Å². The normalized spacial score (nSPS) is 17.0. The molecule has 0 unspecified atom stereocenters. The fourth-order valence-corrected chi connectivity index (χ4v) is 3.42. The van der Waals surface area contributed by atoms with Crippen LogP contribution in [0.25, 0.3) is 0 Å². The predicted molar refractivity (Wildman–Crippen MR) is 94.3 cm³/mol. The highest BCUT2D eigenvalue weighted by atomic mass is 35.5. The number of hydrogen-bond acceptors (Lipinski definition) is 3. The Morgan fingerprint density at radius 1 is 1.26 bits per heavy atom. The largest absolute Gasteiger partial charge is 0.470 e. The van der Waals surface area contributed by atoms with Gasteiger partial charge in [-0.25, -0.2) is 4.98 Å². The van der Waals surface area contributed by atoms with Crippen molar-refractivity contribution in [2.45, 2.75) is 38.7 Å². The van der Waals surface area contributed by atoms with Crippen LogP contribution in [-0.4, -0.2) is 18.1 Å². The zero-order chi connectivity index (χ0) is 16.2. The molecule has 1 aliphatic rings. The highest BCUT2D eigenvalue weighted by molar-refractivity contribution is 6.30. The molecule has 3 rings (SSSR count). The van der Waals surface area contributed by atoms with E-state index in [9.17, 15) is 0 Å². The van der Waals surface area contributed by atoms with Crippen molar-refractivity contribution in [3.63, 3.8) is 0 Å². The van der Waals surface area contributed by atoms with E-state index in [1.807, 2.05) is 37.4 Å². The number of halogens is 1.